The number of furan rings is 1. The maximum Gasteiger partial charge on any atom is 0.293 e. The molecule has 1 aliphatic heterocycles. The lowest BCUT2D eigenvalue weighted by Crippen LogP contribution is -2.27. The van der Waals surface area contributed by atoms with Crippen molar-refractivity contribution in [3.63, 3.8) is 0 Å². The van der Waals surface area contributed by atoms with Crippen LogP contribution in [0.2, 0.25) is 0 Å². The molecule has 1 aromatic carbocycles. The largest absolute Gasteiger partial charge is 0.451 e. The third-order valence-electron chi connectivity index (χ3n) is 5.38. The molecule has 4 rings (SSSR count). The first-order valence-electron chi connectivity index (χ1n) is 10.1. The van der Waals surface area contributed by atoms with Crippen molar-refractivity contribution < 1.29 is 9.21 Å². The number of nitrogens with zero attached hydrogens (tertiary/aromatic N) is 3. The molecule has 160 valence electrons. The number of aryl methyl sites for hydroxylation is 1. The van der Waals surface area contributed by atoms with Crippen LogP contribution >= 0.6 is 12.4 Å². The highest BCUT2D eigenvalue weighted by atomic mass is 35.5. The third kappa shape index (κ3) is 4.74. The van der Waals surface area contributed by atoms with Gasteiger partial charge < -0.3 is 9.73 Å². The molecule has 0 bridgehead atoms. The molecular weight excluding hydrogens is 402 g/mol. The van der Waals surface area contributed by atoms with Gasteiger partial charge in [-0.25, -0.2) is 4.68 Å². The van der Waals surface area contributed by atoms with E-state index in [0.29, 0.717) is 23.5 Å². The molecule has 1 fully saturated rings. The summed E-state index contributed by atoms with van der Waals surface area (Å²) in [6, 6.07) is 11.7. The van der Waals surface area contributed by atoms with E-state index in [9.17, 15) is 4.79 Å². The van der Waals surface area contributed by atoms with E-state index in [1.807, 2.05) is 18.2 Å². The van der Waals surface area contributed by atoms with Crippen molar-refractivity contribution in [1.29, 1.82) is 0 Å². The Morgan fingerprint density at radius 1 is 1.23 bits per heavy atom. The van der Waals surface area contributed by atoms with Crippen LogP contribution in [-0.4, -0.2) is 33.8 Å². The fraction of sp³-hybridized carbons (Fsp3) is 0.409. The van der Waals surface area contributed by atoms with Crippen molar-refractivity contribution in [2.75, 3.05) is 18.4 Å². The van der Waals surface area contributed by atoms with E-state index in [1.54, 1.807) is 17.8 Å². The molecule has 30 heavy (non-hydrogen) atoms. The van der Waals surface area contributed by atoms with Crippen LogP contribution in [0.15, 0.2) is 40.8 Å². The molecule has 0 saturated carbocycles. The number of amides is 1. The normalized spacial score (nSPS) is 14.5. The molecule has 0 radical (unpaired) electrons. The van der Waals surface area contributed by atoms with Gasteiger partial charge in [-0.3, -0.25) is 10.1 Å². The monoisotopic (exact) mass is 429 g/mol. The standard InChI is InChI=1S/C22H27N5O2.ClH/c1-14(2)16-5-4-6-17(13-16)18-7-8-19(29-18)21(28)25-22-24-20(26-27(22)3)15-9-11-23-12-10-15;/h4-8,13-15,23H,9-12H2,1-3H3,(H,24,25,26,28);1H. The van der Waals surface area contributed by atoms with Crippen molar-refractivity contribution in [1.82, 2.24) is 20.1 Å². The summed E-state index contributed by atoms with van der Waals surface area (Å²) in [5.74, 6) is 2.57. The molecule has 0 aliphatic carbocycles. The van der Waals surface area contributed by atoms with Crippen LogP contribution in [0.3, 0.4) is 0 Å². The van der Waals surface area contributed by atoms with E-state index >= 15 is 0 Å². The molecule has 8 heteroatoms. The van der Waals surface area contributed by atoms with Crippen molar-refractivity contribution in [2.45, 2.75) is 38.5 Å². The summed E-state index contributed by atoms with van der Waals surface area (Å²) in [5, 5.41) is 10.7. The molecule has 1 amide bonds. The second-order valence-corrected chi connectivity index (χ2v) is 7.84. The minimum Gasteiger partial charge on any atom is -0.451 e. The predicted octanol–water partition coefficient (Wildman–Crippen LogP) is 4.34. The molecule has 1 aliphatic rings. The Labute approximate surface area is 182 Å². The smallest absolute Gasteiger partial charge is 0.293 e. The SMILES string of the molecule is CC(C)c1cccc(-c2ccc(C(=O)Nc3nc(C4CCNCC4)nn3C)o2)c1.Cl. The lowest BCUT2D eigenvalue weighted by Gasteiger charge is -2.19. The average Bonchev–Trinajstić information content (AvgIpc) is 3.36. The van der Waals surface area contributed by atoms with E-state index in [2.05, 4.69) is 46.7 Å². The van der Waals surface area contributed by atoms with Gasteiger partial charge in [-0.1, -0.05) is 32.0 Å². The van der Waals surface area contributed by atoms with Crippen LogP contribution in [0.4, 0.5) is 5.95 Å². The van der Waals surface area contributed by atoms with Crippen LogP contribution in [-0.2, 0) is 7.05 Å². The number of halogens is 1. The highest BCUT2D eigenvalue weighted by molar-refractivity contribution is 6.01. The summed E-state index contributed by atoms with van der Waals surface area (Å²) in [5.41, 5.74) is 2.19. The van der Waals surface area contributed by atoms with Gasteiger partial charge in [0.15, 0.2) is 11.6 Å². The molecule has 3 heterocycles. The van der Waals surface area contributed by atoms with Gasteiger partial charge in [0.2, 0.25) is 5.95 Å². The maximum absolute atomic E-state index is 12.7. The minimum atomic E-state index is -0.330. The zero-order valence-electron chi connectivity index (χ0n) is 17.5. The van der Waals surface area contributed by atoms with Gasteiger partial charge in [-0.15, -0.1) is 12.4 Å². The lowest BCUT2D eigenvalue weighted by molar-refractivity contribution is 0.0996. The molecule has 0 spiro atoms. The summed E-state index contributed by atoms with van der Waals surface area (Å²) in [6.45, 7) is 6.24. The first kappa shape index (κ1) is 22.1. The Kier molecular flexibility index (Phi) is 6.95. The van der Waals surface area contributed by atoms with Crippen LogP contribution in [0.1, 0.15) is 60.5 Å². The summed E-state index contributed by atoms with van der Waals surface area (Å²) in [7, 11) is 1.79. The summed E-state index contributed by atoms with van der Waals surface area (Å²) >= 11 is 0. The predicted molar refractivity (Wildman–Crippen MR) is 119 cm³/mol. The topological polar surface area (TPSA) is 85.0 Å². The number of carbonyl (C=O) groups excluding carboxylic acids is 1. The zero-order chi connectivity index (χ0) is 20.4. The van der Waals surface area contributed by atoms with Crippen molar-refractivity contribution in [2.24, 2.45) is 7.05 Å². The number of rotatable bonds is 5. The van der Waals surface area contributed by atoms with Crippen molar-refractivity contribution in [3.05, 3.63) is 53.5 Å². The molecule has 2 N–H and O–H groups in total. The fourth-order valence-corrected chi connectivity index (χ4v) is 3.60. The van der Waals surface area contributed by atoms with E-state index in [4.69, 9.17) is 4.42 Å². The summed E-state index contributed by atoms with van der Waals surface area (Å²) in [4.78, 5) is 17.2. The van der Waals surface area contributed by atoms with Gasteiger partial charge in [0, 0.05) is 18.5 Å². The van der Waals surface area contributed by atoms with E-state index in [-0.39, 0.29) is 24.1 Å². The molecular formula is C22H28ClN5O2. The Bertz CT molecular complexity index is 1000. The fourth-order valence-electron chi connectivity index (χ4n) is 3.60. The van der Waals surface area contributed by atoms with Gasteiger partial charge in [0.1, 0.15) is 5.76 Å². The van der Waals surface area contributed by atoms with Crippen LogP contribution in [0, 0.1) is 0 Å². The molecule has 1 saturated heterocycles. The zero-order valence-corrected chi connectivity index (χ0v) is 18.3. The third-order valence-corrected chi connectivity index (χ3v) is 5.38. The van der Waals surface area contributed by atoms with E-state index < -0.39 is 0 Å². The van der Waals surface area contributed by atoms with Crippen LogP contribution in [0.25, 0.3) is 11.3 Å². The van der Waals surface area contributed by atoms with Crippen LogP contribution < -0.4 is 10.6 Å². The molecule has 2 aromatic heterocycles. The Balaban J connectivity index is 0.00000256. The van der Waals surface area contributed by atoms with Gasteiger partial charge >= 0.3 is 0 Å². The average molecular weight is 430 g/mol. The second-order valence-electron chi connectivity index (χ2n) is 7.84. The van der Waals surface area contributed by atoms with Gasteiger partial charge in [0.25, 0.3) is 5.91 Å². The first-order chi connectivity index (χ1) is 14.0. The Hall–Kier alpha value is -2.64. The summed E-state index contributed by atoms with van der Waals surface area (Å²) < 4.78 is 7.44. The number of hydrogen-bond acceptors (Lipinski definition) is 5. The Morgan fingerprint density at radius 2 is 2.00 bits per heavy atom. The number of anilines is 1. The van der Waals surface area contributed by atoms with Crippen molar-refractivity contribution in [3.8, 4) is 11.3 Å². The lowest BCUT2D eigenvalue weighted by atomic mass is 9.98. The van der Waals surface area contributed by atoms with Crippen molar-refractivity contribution >= 4 is 24.3 Å². The number of benzene rings is 1. The van der Waals surface area contributed by atoms with Gasteiger partial charge in [0.05, 0.1) is 0 Å². The molecule has 3 aromatic rings. The number of piperidine rings is 1. The molecule has 0 unspecified atom stereocenters. The van der Waals surface area contributed by atoms with Gasteiger partial charge in [-0.2, -0.15) is 10.1 Å². The number of hydrogen-bond donors (Lipinski definition) is 2. The second kappa shape index (κ2) is 9.45. The quantitative estimate of drug-likeness (QED) is 0.630. The first-order valence-corrected chi connectivity index (χ1v) is 10.1. The van der Waals surface area contributed by atoms with Crippen LogP contribution in [0.5, 0.6) is 0 Å². The highest BCUT2D eigenvalue weighted by Crippen LogP contribution is 2.27. The van der Waals surface area contributed by atoms with E-state index in [1.165, 1.54) is 5.56 Å². The number of carbonyl (C=O) groups is 1. The summed E-state index contributed by atoms with van der Waals surface area (Å²) in [6.07, 6.45) is 2.02. The molecule has 7 nitrogen and oxygen atoms in total. The number of aromatic nitrogens is 3. The number of nitrogens with one attached hydrogen (secondary N) is 2. The highest BCUT2D eigenvalue weighted by Gasteiger charge is 2.22. The molecule has 0 atom stereocenters. The minimum absolute atomic E-state index is 0. The van der Waals surface area contributed by atoms with E-state index in [0.717, 1.165) is 37.3 Å². The van der Waals surface area contributed by atoms with Gasteiger partial charge in [-0.05, 0) is 55.6 Å². The Morgan fingerprint density at radius 3 is 2.73 bits per heavy atom. The maximum atomic E-state index is 12.7.